The Morgan fingerprint density at radius 3 is 2.09 bits per heavy atom. The monoisotopic (exact) mass is 346 g/mol. The zero-order chi connectivity index (χ0) is 18.4. The quantitative estimate of drug-likeness (QED) is 0.762. The van der Waals surface area contributed by atoms with E-state index in [1.54, 1.807) is 4.90 Å². The largest absolute Gasteiger partial charge is 0.598 e. The summed E-state index contributed by atoms with van der Waals surface area (Å²) in [7, 11) is 0. The Hall–Kier alpha value is -0.460. The first-order chi connectivity index (χ1) is 10.1. The molecule has 5 nitrogen and oxygen atoms in total. The van der Waals surface area contributed by atoms with E-state index in [2.05, 4.69) is 25.5 Å². The second-order valence-electron chi connectivity index (χ2n) is 9.29. The number of hydrogen-bond donors (Lipinski definition) is 2. The minimum atomic E-state index is -1.12. The molecule has 1 rings (SSSR count). The third kappa shape index (κ3) is 4.34. The molecule has 0 aromatic heterocycles. The molecule has 1 saturated carbocycles. The number of nitrogens with zero attached hydrogens (tertiary/aromatic N) is 1. The van der Waals surface area contributed by atoms with Crippen LogP contribution in [0.2, 0.25) is 0 Å². The summed E-state index contributed by atoms with van der Waals surface area (Å²) < 4.78 is 15.2. The summed E-state index contributed by atoms with van der Waals surface area (Å²) in [6.45, 7) is 17.9. The highest BCUT2D eigenvalue weighted by atomic mass is 32.2. The molecule has 1 unspecified atom stereocenters. The standard InChI is InChI=1S/C17H34N2O3S/c1-11(18-23(22)16(5,6)7)12-10-13(17(12,8)9)19(14(20)21)15(2,3)4/h11-13,18H,10H2,1-9H3,(H,20,21)/t11-,12+,13+,23?/m0/s1. The van der Waals surface area contributed by atoms with Gasteiger partial charge in [-0.1, -0.05) is 13.8 Å². The molecule has 1 aliphatic rings. The molecule has 0 heterocycles. The van der Waals surface area contributed by atoms with E-state index in [0.29, 0.717) is 5.92 Å². The van der Waals surface area contributed by atoms with Crippen molar-refractivity contribution in [2.45, 2.75) is 91.1 Å². The minimum Gasteiger partial charge on any atom is -0.598 e. The summed E-state index contributed by atoms with van der Waals surface area (Å²) in [5.41, 5.74) is -0.580. The molecule has 0 spiro atoms. The molecule has 4 atom stereocenters. The molecular weight excluding hydrogens is 312 g/mol. The average Bonchev–Trinajstić information content (AvgIpc) is 2.29. The molecule has 2 N–H and O–H groups in total. The highest BCUT2D eigenvalue weighted by Crippen LogP contribution is 2.52. The summed E-state index contributed by atoms with van der Waals surface area (Å²) in [5, 5.41) is 9.62. The van der Waals surface area contributed by atoms with E-state index < -0.39 is 23.0 Å². The van der Waals surface area contributed by atoms with Crippen molar-refractivity contribution in [3.63, 3.8) is 0 Å². The number of carbonyl (C=O) groups is 1. The SMILES string of the molecule is C[C@H](N[S+]([O-])C(C)(C)C)[C@H]1C[C@@H](N(C(=O)O)C(C)(C)C)C1(C)C. The van der Waals surface area contributed by atoms with Gasteiger partial charge in [0.25, 0.3) is 0 Å². The molecule has 1 fully saturated rings. The van der Waals surface area contributed by atoms with Crippen LogP contribution < -0.4 is 4.72 Å². The van der Waals surface area contributed by atoms with Crippen molar-refractivity contribution in [2.75, 3.05) is 0 Å². The number of rotatable bonds is 4. The van der Waals surface area contributed by atoms with Crippen molar-refractivity contribution >= 4 is 17.5 Å². The number of hydrogen-bond acceptors (Lipinski definition) is 3. The van der Waals surface area contributed by atoms with Gasteiger partial charge in [-0.05, 0) is 66.2 Å². The lowest BCUT2D eigenvalue weighted by molar-refractivity contribution is -0.0905. The molecule has 1 amide bonds. The van der Waals surface area contributed by atoms with Crippen LogP contribution in [0.3, 0.4) is 0 Å². The lowest BCUT2D eigenvalue weighted by Crippen LogP contribution is -2.67. The third-order valence-electron chi connectivity index (χ3n) is 4.98. The average molecular weight is 347 g/mol. The van der Waals surface area contributed by atoms with Gasteiger partial charge in [-0.15, -0.1) is 4.72 Å². The maximum Gasteiger partial charge on any atom is 0.408 e. The minimum absolute atomic E-state index is 0.0164. The fourth-order valence-electron chi connectivity index (χ4n) is 3.54. The predicted molar refractivity (Wildman–Crippen MR) is 95.8 cm³/mol. The van der Waals surface area contributed by atoms with Gasteiger partial charge in [0.05, 0.1) is 6.04 Å². The second-order valence-corrected chi connectivity index (χ2v) is 11.3. The van der Waals surface area contributed by atoms with E-state index in [1.807, 2.05) is 41.5 Å². The molecule has 6 heteroatoms. The molecule has 0 saturated heterocycles. The molecule has 0 aromatic carbocycles. The smallest absolute Gasteiger partial charge is 0.408 e. The van der Waals surface area contributed by atoms with E-state index >= 15 is 0 Å². The van der Waals surface area contributed by atoms with Crippen LogP contribution in [-0.4, -0.2) is 43.0 Å². The van der Waals surface area contributed by atoms with Crippen molar-refractivity contribution < 1.29 is 14.5 Å². The number of amides is 1. The van der Waals surface area contributed by atoms with E-state index in [9.17, 15) is 14.5 Å². The van der Waals surface area contributed by atoms with E-state index in [1.165, 1.54) is 0 Å². The Balaban J connectivity index is 2.84. The van der Waals surface area contributed by atoms with E-state index in [4.69, 9.17) is 0 Å². The first kappa shape index (κ1) is 20.6. The second kappa shape index (κ2) is 6.45. The highest BCUT2D eigenvalue weighted by molar-refractivity contribution is 7.90. The lowest BCUT2D eigenvalue weighted by Gasteiger charge is -2.60. The fraction of sp³-hybridized carbons (Fsp3) is 0.941. The predicted octanol–water partition coefficient (Wildman–Crippen LogP) is 3.62. The van der Waals surface area contributed by atoms with Crippen LogP contribution in [0.1, 0.15) is 68.7 Å². The zero-order valence-electron chi connectivity index (χ0n) is 16.1. The molecular formula is C17H34N2O3S. The van der Waals surface area contributed by atoms with Crippen LogP contribution in [0, 0.1) is 11.3 Å². The van der Waals surface area contributed by atoms with Crippen LogP contribution in [0.25, 0.3) is 0 Å². The summed E-state index contributed by atoms with van der Waals surface area (Å²) >= 11 is -1.12. The Kier molecular flexibility index (Phi) is 5.77. The number of nitrogens with one attached hydrogen (secondary N) is 1. The van der Waals surface area contributed by atoms with Crippen molar-refractivity contribution in [1.29, 1.82) is 0 Å². The van der Waals surface area contributed by atoms with Crippen molar-refractivity contribution in [3.05, 3.63) is 0 Å². The van der Waals surface area contributed by atoms with Crippen molar-refractivity contribution in [1.82, 2.24) is 9.62 Å². The summed E-state index contributed by atoms with van der Waals surface area (Å²) in [6.07, 6.45) is -0.0700. The molecule has 0 aliphatic heterocycles. The molecule has 136 valence electrons. The van der Waals surface area contributed by atoms with Gasteiger partial charge in [-0.2, -0.15) is 0 Å². The van der Waals surface area contributed by atoms with Gasteiger partial charge < -0.3 is 9.66 Å². The van der Waals surface area contributed by atoms with Gasteiger partial charge in [0.15, 0.2) is 0 Å². The maximum absolute atomic E-state index is 12.3. The van der Waals surface area contributed by atoms with Crippen LogP contribution in [0.5, 0.6) is 0 Å². The summed E-state index contributed by atoms with van der Waals surface area (Å²) in [4.78, 5) is 13.3. The van der Waals surface area contributed by atoms with Gasteiger partial charge in [-0.3, -0.25) is 4.90 Å². The first-order valence-corrected chi connectivity index (χ1v) is 9.45. The Morgan fingerprint density at radius 2 is 1.78 bits per heavy atom. The summed E-state index contributed by atoms with van der Waals surface area (Å²) in [5.74, 6) is 0.294. The zero-order valence-corrected chi connectivity index (χ0v) is 16.9. The van der Waals surface area contributed by atoms with Crippen LogP contribution in [-0.2, 0) is 11.4 Å². The highest BCUT2D eigenvalue weighted by Gasteiger charge is 2.56. The topological polar surface area (TPSA) is 75.6 Å². The molecule has 23 heavy (non-hydrogen) atoms. The normalized spacial score (nSPS) is 27.0. The maximum atomic E-state index is 12.3. The molecule has 1 aliphatic carbocycles. The van der Waals surface area contributed by atoms with Gasteiger partial charge >= 0.3 is 6.09 Å². The molecule has 0 radical (unpaired) electrons. The van der Waals surface area contributed by atoms with Gasteiger partial charge in [0.1, 0.15) is 4.75 Å². The van der Waals surface area contributed by atoms with Crippen molar-refractivity contribution in [2.24, 2.45) is 11.3 Å². The Bertz CT molecular complexity index is 440. The lowest BCUT2D eigenvalue weighted by atomic mass is 9.55. The van der Waals surface area contributed by atoms with Gasteiger partial charge in [0.2, 0.25) is 0 Å². The van der Waals surface area contributed by atoms with Gasteiger partial charge in [0, 0.05) is 22.9 Å². The van der Waals surface area contributed by atoms with Crippen LogP contribution in [0.15, 0.2) is 0 Å². The van der Waals surface area contributed by atoms with E-state index in [0.717, 1.165) is 6.42 Å². The molecule has 0 aromatic rings. The third-order valence-corrected chi connectivity index (χ3v) is 6.68. The Morgan fingerprint density at radius 1 is 1.30 bits per heavy atom. The van der Waals surface area contributed by atoms with Crippen molar-refractivity contribution in [3.8, 4) is 0 Å². The number of carboxylic acid groups (broad SMARTS) is 1. The first-order valence-electron chi connectivity index (χ1n) is 8.30. The Labute approximate surface area is 144 Å². The molecule has 0 bridgehead atoms. The van der Waals surface area contributed by atoms with E-state index in [-0.39, 0.29) is 22.2 Å². The fourth-order valence-corrected chi connectivity index (χ4v) is 4.39. The summed E-state index contributed by atoms with van der Waals surface area (Å²) in [6, 6.07) is 0.0641. The van der Waals surface area contributed by atoms with Crippen LogP contribution >= 0.6 is 0 Å². The van der Waals surface area contributed by atoms with Gasteiger partial charge in [-0.25, -0.2) is 4.79 Å². The van der Waals surface area contributed by atoms with Crippen LogP contribution in [0.4, 0.5) is 4.79 Å².